The number of piperidine rings is 1. The van der Waals surface area contributed by atoms with Crippen molar-refractivity contribution in [2.75, 3.05) is 26.7 Å². The lowest BCUT2D eigenvalue weighted by molar-refractivity contribution is 0.0420. The number of hydrogen-bond donors (Lipinski definition) is 0. The van der Waals surface area contributed by atoms with Gasteiger partial charge in [-0.3, -0.25) is 9.80 Å². The Labute approximate surface area is 88.3 Å². The third-order valence-electron chi connectivity index (χ3n) is 4.26. The highest BCUT2D eigenvalue weighted by Crippen LogP contribution is 2.36. The second kappa shape index (κ2) is 3.82. The zero-order chi connectivity index (χ0) is 10.2. The normalized spacial score (nSPS) is 36.0. The van der Waals surface area contributed by atoms with Crippen LogP contribution in [0.4, 0.5) is 0 Å². The highest BCUT2D eigenvalue weighted by molar-refractivity contribution is 4.99. The third kappa shape index (κ3) is 1.70. The summed E-state index contributed by atoms with van der Waals surface area (Å²) in [5.41, 5.74) is 0.544. The fourth-order valence-electron chi connectivity index (χ4n) is 3.18. The van der Waals surface area contributed by atoms with Gasteiger partial charge in [0.1, 0.15) is 0 Å². The van der Waals surface area contributed by atoms with Gasteiger partial charge in [-0.25, -0.2) is 0 Å². The van der Waals surface area contributed by atoms with E-state index >= 15 is 0 Å². The van der Waals surface area contributed by atoms with E-state index in [0.29, 0.717) is 5.54 Å². The molecular formula is C12H24N2. The Morgan fingerprint density at radius 2 is 1.71 bits per heavy atom. The summed E-state index contributed by atoms with van der Waals surface area (Å²) < 4.78 is 0. The molecule has 0 radical (unpaired) electrons. The molecule has 14 heavy (non-hydrogen) atoms. The molecule has 2 heteroatoms. The maximum absolute atomic E-state index is 2.66. The Morgan fingerprint density at radius 1 is 1.07 bits per heavy atom. The second-order valence-corrected chi connectivity index (χ2v) is 5.42. The lowest BCUT2D eigenvalue weighted by Gasteiger charge is -2.46. The van der Waals surface area contributed by atoms with E-state index in [4.69, 9.17) is 0 Å². The molecule has 1 atom stereocenters. The molecule has 2 saturated heterocycles. The molecule has 2 heterocycles. The van der Waals surface area contributed by atoms with Crippen LogP contribution in [-0.2, 0) is 0 Å². The summed E-state index contributed by atoms with van der Waals surface area (Å²) in [5, 5.41) is 0. The van der Waals surface area contributed by atoms with Crippen molar-refractivity contribution in [3.05, 3.63) is 0 Å². The van der Waals surface area contributed by atoms with Crippen molar-refractivity contribution in [3.63, 3.8) is 0 Å². The third-order valence-corrected chi connectivity index (χ3v) is 4.26. The summed E-state index contributed by atoms with van der Waals surface area (Å²) >= 11 is 0. The topological polar surface area (TPSA) is 6.48 Å². The van der Waals surface area contributed by atoms with E-state index in [2.05, 4.69) is 30.7 Å². The van der Waals surface area contributed by atoms with E-state index in [1.54, 1.807) is 0 Å². The fourth-order valence-corrected chi connectivity index (χ4v) is 3.18. The summed E-state index contributed by atoms with van der Waals surface area (Å²) in [4.78, 5) is 5.27. The quantitative estimate of drug-likeness (QED) is 0.632. The van der Waals surface area contributed by atoms with Crippen molar-refractivity contribution in [1.82, 2.24) is 9.80 Å². The van der Waals surface area contributed by atoms with Crippen LogP contribution in [0.2, 0.25) is 0 Å². The first-order valence-corrected chi connectivity index (χ1v) is 6.09. The van der Waals surface area contributed by atoms with Crippen LogP contribution in [0, 0.1) is 0 Å². The van der Waals surface area contributed by atoms with Crippen LogP contribution < -0.4 is 0 Å². The van der Waals surface area contributed by atoms with Crippen molar-refractivity contribution >= 4 is 0 Å². The molecule has 0 bridgehead atoms. The monoisotopic (exact) mass is 196 g/mol. The van der Waals surface area contributed by atoms with Gasteiger partial charge in [0.2, 0.25) is 0 Å². The van der Waals surface area contributed by atoms with Crippen molar-refractivity contribution in [1.29, 1.82) is 0 Å². The molecule has 0 amide bonds. The predicted molar refractivity (Wildman–Crippen MR) is 60.5 cm³/mol. The van der Waals surface area contributed by atoms with Gasteiger partial charge in [-0.1, -0.05) is 0 Å². The Hall–Kier alpha value is -0.0800. The Kier molecular flexibility index (Phi) is 2.85. The molecule has 0 aromatic rings. The zero-order valence-electron chi connectivity index (χ0n) is 9.92. The Balaban J connectivity index is 2.05. The summed E-state index contributed by atoms with van der Waals surface area (Å²) in [6, 6.07) is 0.723. The molecule has 2 aliphatic heterocycles. The number of likely N-dealkylation sites (N-methyl/N-ethyl adjacent to an activating group) is 1. The maximum atomic E-state index is 2.66. The minimum Gasteiger partial charge on any atom is -0.299 e. The first kappa shape index (κ1) is 10.4. The molecule has 0 aliphatic carbocycles. The van der Waals surface area contributed by atoms with E-state index in [1.807, 2.05) is 0 Å². The number of nitrogens with zero attached hydrogens (tertiary/aromatic N) is 2. The summed E-state index contributed by atoms with van der Waals surface area (Å²) in [7, 11) is 2.32. The van der Waals surface area contributed by atoms with Gasteiger partial charge < -0.3 is 0 Å². The molecule has 1 unspecified atom stereocenters. The number of hydrogen-bond acceptors (Lipinski definition) is 2. The SMILES string of the molecule is CC(C)N1CCCC2(CCCN2C)C1. The average molecular weight is 196 g/mol. The number of likely N-dealkylation sites (tertiary alicyclic amines) is 2. The molecular weight excluding hydrogens is 172 g/mol. The van der Waals surface area contributed by atoms with Gasteiger partial charge in [0.25, 0.3) is 0 Å². The first-order chi connectivity index (χ1) is 6.64. The molecule has 0 saturated carbocycles. The van der Waals surface area contributed by atoms with E-state index in [1.165, 1.54) is 45.3 Å². The smallest absolute Gasteiger partial charge is 0.0334 e. The summed E-state index contributed by atoms with van der Waals surface area (Å²) in [5.74, 6) is 0. The van der Waals surface area contributed by atoms with Gasteiger partial charge in [0, 0.05) is 18.1 Å². The van der Waals surface area contributed by atoms with Crippen LogP contribution >= 0.6 is 0 Å². The van der Waals surface area contributed by atoms with E-state index in [-0.39, 0.29) is 0 Å². The van der Waals surface area contributed by atoms with Gasteiger partial charge in [-0.15, -0.1) is 0 Å². The van der Waals surface area contributed by atoms with Crippen LogP contribution in [0.1, 0.15) is 39.5 Å². The molecule has 2 nitrogen and oxygen atoms in total. The van der Waals surface area contributed by atoms with Crippen molar-refractivity contribution < 1.29 is 0 Å². The molecule has 0 aromatic carbocycles. The van der Waals surface area contributed by atoms with Gasteiger partial charge in [-0.05, 0) is 59.7 Å². The molecule has 82 valence electrons. The highest BCUT2D eigenvalue weighted by Gasteiger charge is 2.42. The zero-order valence-corrected chi connectivity index (χ0v) is 9.92. The van der Waals surface area contributed by atoms with Crippen molar-refractivity contribution in [2.45, 2.75) is 51.1 Å². The Bertz CT molecular complexity index is 202. The largest absolute Gasteiger partial charge is 0.299 e. The minimum atomic E-state index is 0.544. The van der Waals surface area contributed by atoms with Crippen LogP contribution in [0.15, 0.2) is 0 Å². The van der Waals surface area contributed by atoms with E-state index in [9.17, 15) is 0 Å². The molecule has 2 aliphatic rings. The lowest BCUT2D eigenvalue weighted by Crippen LogP contribution is -2.55. The summed E-state index contributed by atoms with van der Waals surface area (Å²) in [6.45, 7) is 8.59. The minimum absolute atomic E-state index is 0.544. The van der Waals surface area contributed by atoms with Crippen LogP contribution in [-0.4, -0.2) is 48.1 Å². The van der Waals surface area contributed by atoms with Gasteiger partial charge in [0.15, 0.2) is 0 Å². The predicted octanol–water partition coefficient (Wildman–Crippen LogP) is 1.96. The van der Waals surface area contributed by atoms with Crippen molar-refractivity contribution in [3.8, 4) is 0 Å². The number of rotatable bonds is 1. The van der Waals surface area contributed by atoms with Crippen LogP contribution in [0.3, 0.4) is 0 Å². The molecule has 1 spiro atoms. The fraction of sp³-hybridized carbons (Fsp3) is 1.00. The van der Waals surface area contributed by atoms with E-state index in [0.717, 1.165) is 6.04 Å². The highest BCUT2D eigenvalue weighted by atomic mass is 15.3. The van der Waals surface area contributed by atoms with Gasteiger partial charge >= 0.3 is 0 Å². The van der Waals surface area contributed by atoms with Crippen molar-refractivity contribution in [2.24, 2.45) is 0 Å². The van der Waals surface area contributed by atoms with E-state index < -0.39 is 0 Å². The average Bonchev–Trinajstić information content (AvgIpc) is 2.48. The van der Waals surface area contributed by atoms with Gasteiger partial charge in [-0.2, -0.15) is 0 Å². The molecule has 2 fully saturated rings. The standard InChI is InChI=1S/C12H24N2/c1-11(2)14-9-5-7-12(10-14)6-4-8-13(12)3/h11H,4-10H2,1-3H3. The summed E-state index contributed by atoms with van der Waals surface area (Å²) in [6.07, 6.45) is 5.64. The lowest BCUT2D eigenvalue weighted by atomic mass is 9.86. The first-order valence-electron chi connectivity index (χ1n) is 6.09. The van der Waals surface area contributed by atoms with Crippen LogP contribution in [0.5, 0.6) is 0 Å². The van der Waals surface area contributed by atoms with Gasteiger partial charge in [0.05, 0.1) is 0 Å². The van der Waals surface area contributed by atoms with Crippen LogP contribution in [0.25, 0.3) is 0 Å². The molecule has 0 aromatic heterocycles. The molecule has 2 rings (SSSR count). The second-order valence-electron chi connectivity index (χ2n) is 5.42. The maximum Gasteiger partial charge on any atom is 0.0334 e. The Morgan fingerprint density at radius 3 is 2.29 bits per heavy atom. The molecule has 0 N–H and O–H groups in total.